The molecule has 1 fully saturated rings. The van der Waals surface area contributed by atoms with Gasteiger partial charge >= 0.3 is 0 Å². The smallest absolute Gasteiger partial charge is 0.146 e. The number of likely N-dealkylation sites (tertiary alicyclic amines) is 1. The van der Waals surface area contributed by atoms with Crippen LogP contribution in [-0.4, -0.2) is 30.3 Å². The minimum atomic E-state index is 0. The second kappa shape index (κ2) is 6.66. The average Bonchev–Trinajstić information content (AvgIpc) is 2.28. The molecule has 0 unspecified atom stereocenters. The lowest BCUT2D eigenvalue weighted by Crippen LogP contribution is -2.36. The normalized spacial score (nSPS) is 16.9. The number of piperidine rings is 1. The third kappa shape index (κ3) is 3.95. The molecule has 1 aromatic carbocycles. The van der Waals surface area contributed by atoms with Crippen LogP contribution in [0.1, 0.15) is 18.4 Å². The van der Waals surface area contributed by atoms with Gasteiger partial charge in [-0.2, -0.15) is 0 Å². The van der Waals surface area contributed by atoms with E-state index in [1.54, 1.807) is 0 Å². The number of Topliss-reactive ketones (excluding diaryl/α,β-unsaturated/α-hetero) is 1. The summed E-state index contributed by atoms with van der Waals surface area (Å²) in [4.78, 5) is 13.5. The molecule has 1 heterocycles. The Balaban J connectivity index is 0.00000128. The molecule has 16 heavy (non-hydrogen) atoms. The molecule has 0 radical (unpaired) electrons. The molecule has 0 bridgehead atoms. The monoisotopic (exact) mass is 239 g/mol. The zero-order valence-corrected chi connectivity index (χ0v) is 10.2. The van der Waals surface area contributed by atoms with Crippen molar-refractivity contribution >= 4 is 18.2 Å². The summed E-state index contributed by atoms with van der Waals surface area (Å²) in [7, 11) is 0. The molecule has 0 aliphatic carbocycles. The second-order valence-corrected chi connectivity index (χ2v) is 4.15. The summed E-state index contributed by atoms with van der Waals surface area (Å²) in [6, 6.07) is 10.5. The highest BCUT2D eigenvalue weighted by atomic mass is 35.5. The number of carbonyl (C=O) groups is 1. The summed E-state index contributed by atoms with van der Waals surface area (Å²) < 4.78 is 0. The molecule has 1 aromatic rings. The van der Waals surface area contributed by atoms with Gasteiger partial charge in [-0.25, -0.2) is 0 Å². The van der Waals surface area contributed by atoms with E-state index in [0.29, 0.717) is 12.3 Å². The van der Waals surface area contributed by atoms with Crippen molar-refractivity contribution in [2.24, 2.45) is 0 Å². The van der Waals surface area contributed by atoms with Crippen LogP contribution in [0, 0.1) is 0 Å². The molecular weight excluding hydrogens is 222 g/mol. The molecule has 1 aliphatic heterocycles. The van der Waals surface area contributed by atoms with Crippen LogP contribution in [0.5, 0.6) is 0 Å². The van der Waals surface area contributed by atoms with Gasteiger partial charge in [0.1, 0.15) is 5.78 Å². The number of hydrogen-bond donors (Lipinski definition) is 0. The number of benzene rings is 1. The number of halogens is 1. The first kappa shape index (κ1) is 13.2. The van der Waals surface area contributed by atoms with Crippen molar-refractivity contribution in [3.8, 4) is 0 Å². The SMILES string of the molecule is Cl.O=C1CCCN(CCc2ccccc2)C1. The van der Waals surface area contributed by atoms with E-state index < -0.39 is 0 Å². The molecule has 1 saturated heterocycles. The highest BCUT2D eigenvalue weighted by molar-refractivity contribution is 5.85. The number of ketones is 1. The number of rotatable bonds is 3. The molecule has 88 valence electrons. The maximum atomic E-state index is 11.2. The maximum absolute atomic E-state index is 11.2. The fraction of sp³-hybridized carbons (Fsp3) is 0.462. The first-order valence-electron chi connectivity index (χ1n) is 5.62. The minimum absolute atomic E-state index is 0. The Morgan fingerprint density at radius 1 is 1.19 bits per heavy atom. The maximum Gasteiger partial charge on any atom is 0.146 e. The topological polar surface area (TPSA) is 20.3 Å². The van der Waals surface area contributed by atoms with E-state index in [9.17, 15) is 4.79 Å². The standard InChI is InChI=1S/C13H17NO.ClH/c15-13-7-4-9-14(11-13)10-8-12-5-2-1-3-6-12;/h1-3,5-6H,4,7-11H2;1H. The fourth-order valence-electron chi connectivity index (χ4n) is 2.03. The fourth-order valence-corrected chi connectivity index (χ4v) is 2.03. The van der Waals surface area contributed by atoms with Crippen LogP contribution in [0.3, 0.4) is 0 Å². The van der Waals surface area contributed by atoms with E-state index in [-0.39, 0.29) is 12.4 Å². The van der Waals surface area contributed by atoms with Gasteiger partial charge in [0, 0.05) is 13.0 Å². The van der Waals surface area contributed by atoms with Gasteiger partial charge in [-0.05, 0) is 24.9 Å². The van der Waals surface area contributed by atoms with Gasteiger partial charge < -0.3 is 0 Å². The molecule has 0 N–H and O–H groups in total. The van der Waals surface area contributed by atoms with E-state index in [4.69, 9.17) is 0 Å². The van der Waals surface area contributed by atoms with Crippen LogP contribution < -0.4 is 0 Å². The van der Waals surface area contributed by atoms with E-state index in [0.717, 1.165) is 32.4 Å². The summed E-state index contributed by atoms with van der Waals surface area (Å²) >= 11 is 0. The first-order chi connectivity index (χ1) is 7.34. The zero-order chi connectivity index (χ0) is 10.5. The summed E-state index contributed by atoms with van der Waals surface area (Å²) in [5, 5.41) is 0. The van der Waals surface area contributed by atoms with Crippen molar-refractivity contribution in [1.29, 1.82) is 0 Å². The van der Waals surface area contributed by atoms with Crippen molar-refractivity contribution in [2.45, 2.75) is 19.3 Å². The lowest BCUT2D eigenvalue weighted by atomic mass is 10.1. The van der Waals surface area contributed by atoms with E-state index in [1.807, 2.05) is 6.07 Å². The van der Waals surface area contributed by atoms with Crippen LogP contribution in [0.15, 0.2) is 30.3 Å². The molecular formula is C13H18ClNO. The van der Waals surface area contributed by atoms with Gasteiger partial charge in [0.2, 0.25) is 0 Å². The van der Waals surface area contributed by atoms with Crippen LogP contribution in [0.25, 0.3) is 0 Å². The summed E-state index contributed by atoms with van der Waals surface area (Å²) in [5.41, 5.74) is 1.36. The summed E-state index contributed by atoms with van der Waals surface area (Å²) in [5.74, 6) is 0.398. The van der Waals surface area contributed by atoms with Gasteiger partial charge in [0.15, 0.2) is 0 Å². The number of nitrogens with zero attached hydrogens (tertiary/aromatic N) is 1. The lowest BCUT2D eigenvalue weighted by molar-refractivity contribution is -0.122. The molecule has 3 heteroatoms. The number of hydrogen-bond acceptors (Lipinski definition) is 2. The van der Waals surface area contributed by atoms with Gasteiger partial charge in [-0.3, -0.25) is 9.69 Å². The second-order valence-electron chi connectivity index (χ2n) is 4.15. The molecule has 0 spiro atoms. The Morgan fingerprint density at radius 3 is 2.62 bits per heavy atom. The third-order valence-corrected chi connectivity index (χ3v) is 2.89. The van der Waals surface area contributed by atoms with Crippen LogP contribution >= 0.6 is 12.4 Å². The predicted octanol–water partition coefficient (Wildman–Crippen LogP) is 2.32. The van der Waals surface area contributed by atoms with Gasteiger partial charge in [-0.1, -0.05) is 30.3 Å². The predicted molar refractivity (Wildman–Crippen MR) is 68.1 cm³/mol. The molecule has 0 saturated carbocycles. The molecule has 2 rings (SSSR count). The van der Waals surface area contributed by atoms with Gasteiger partial charge in [0.05, 0.1) is 6.54 Å². The molecule has 0 atom stereocenters. The Bertz CT molecular complexity index is 326. The molecule has 0 amide bonds. The van der Waals surface area contributed by atoms with E-state index in [2.05, 4.69) is 29.2 Å². The quantitative estimate of drug-likeness (QED) is 0.807. The van der Waals surface area contributed by atoms with Crippen molar-refractivity contribution in [3.05, 3.63) is 35.9 Å². The zero-order valence-electron chi connectivity index (χ0n) is 9.39. The Kier molecular flexibility index (Phi) is 5.50. The van der Waals surface area contributed by atoms with E-state index >= 15 is 0 Å². The average molecular weight is 240 g/mol. The molecule has 2 nitrogen and oxygen atoms in total. The highest BCUT2D eigenvalue weighted by Crippen LogP contribution is 2.07. The third-order valence-electron chi connectivity index (χ3n) is 2.89. The van der Waals surface area contributed by atoms with Gasteiger partial charge in [-0.15, -0.1) is 12.4 Å². The van der Waals surface area contributed by atoms with Crippen LogP contribution in [-0.2, 0) is 11.2 Å². The van der Waals surface area contributed by atoms with Crippen molar-refractivity contribution in [2.75, 3.05) is 19.6 Å². The number of carbonyl (C=O) groups excluding carboxylic acids is 1. The van der Waals surface area contributed by atoms with Crippen molar-refractivity contribution in [3.63, 3.8) is 0 Å². The molecule has 1 aliphatic rings. The van der Waals surface area contributed by atoms with Crippen molar-refractivity contribution < 1.29 is 4.79 Å². The Labute approximate surface area is 103 Å². The van der Waals surface area contributed by atoms with Crippen molar-refractivity contribution in [1.82, 2.24) is 4.90 Å². The van der Waals surface area contributed by atoms with Crippen LogP contribution in [0.2, 0.25) is 0 Å². The first-order valence-corrected chi connectivity index (χ1v) is 5.62. The molecule has 0 aromatic heterocycles. The highest BCUT2D eigenvalue weighted by Gasteiger charge is 2.15. The van der Waals surface area contributed by atoms with E-state index in [1.165, 1.54) is 5.56 Å². The summed E-state index contributed by atoms with van der Waals surface area (Å²) in [6.07, 6.45) is 2.86. The summed E-state index contributed by atoms with van der Waals surface area (Å²) in [6.45, 7) is 2.75. The Morgan fingerprint density at radius 2 is 1.94 bits per heavy atom. The lowest BCUT2D eigenvalue weighted by Gasteiger charge is -2.25. The van der Waals surface area contributed by atoms with Gasteiger partial charge in [0.25, 0.3) is 0 Å². The Hall–Kier alpha value is -0.860. The van der Waals surface area contributed by atoms with Crippen LogP contribution in [0.4, 0.5) is 0 Å². The largest absolute Gasteiger partial charge is 0.298 e. The minimum Gasteiger partial charge on any atom is -0.298 e.